The number of methoxy groups -OCH3 is 1. The molecular formula is C8H10O4. The lowest BCUT2D eigenvalue weighted by Crippen LogP contribution is -2.17. The largest absolute Gasteiger partial charge is 0.469 e. The molecular weight excluding hydrogens is 160 g/mol. The van der Waals surface area contributed by atoms with Gasteiger partial charge in [-0.05, 0) is 0 Å². The highest BCUT2D eigenvalue weighted by Gasteiger charge is 2.66. The quantitative estimate of drug-likeness (QED) is 0.531. The number of aliphatic hydroxyl groups excluding tert-OH is 1. The average Bonchev–Trinajstić information content (AvgIpc) is 2.70. The highest BCUT2D eigenvalue weighted by Crippen LogP contribution is 2.55. The first kappa shape index (κ1) is 7.73. The zero-order valence-electron chi connectivity index (χ0n) is 6.69. The van der Waals surface area contributed by atoms with E-state index >= 15 is 0 Å². The summed E-state index contributed by atoms with van der Waals surface area (Å²) < 4.78 is 4.50. The fourth-order valence-corrected chi connectivity index (χ4v) is 2.15. The molecule has 0 aromatic carbocycles. The minimum absolute atomic E-state index is 0.00269. The first-order chi connectivity index (χ1) is 5.66. The summed E-state index contributed by atoms with van der Waals surface area (Å²) in [7, 11) is 1.30. The minimum Gasteiger partial charge on any atom is -0.469 e. The van der Waals surface area contributed by atoms with E-state index in [0.29, 0.717) is 0 Å². The van der Waals surface area contributed by atoms with Crippen LogP contribution < -0.4 is 0 Å². The van der Waals surface area contributed by atoms with Gasteiger partial charge in [0.05, 0.1) is 19.1 Å². The number of fused-ring (bicyclic) bond motifs is 1. The van der Waals surface area contributed by atoms with Crippen molar-refractivity contribution in [1.29, 1.82) is 0 Å². The number of rotatable bonds is 1. The fraction of sp³-hybridized carbons (Fsp3) is 0.750. The number of ketones is 1. The molecule has 4 atom stereocenters. The maximum absolute atomic E-state index is 11.1. The third kappa shape index (κ3) is 0.813. The van der Waals surface area contributed by atoms with Crippen LogP contribution in [-0.4, -0.2) is 30.1 Å². The van der Waals surface area contributed by atoms with Crippen molar-refractivity contribution in [3.05, 3.63) is 0 Å². The molecule has 4 nitrogen and oxygen atoms in total. The Hall–Kier alpha value is -0.900. The van der Waals surface area contributed by atoms with Gasteiger partial charge in [-0.25, -0.2) is 0 Å². The summed E-state index contributed by atoms with van der Waals surface area (Å²) >= 11 is 0. The van der Waals surface area contributed by atoms with Crippen molar-refractivity contribution in [2.45, 2.75) is 12.5 Å². The second-order valence-electron chi connectivity index (χ2n) is 3.39. The number of hydrogen-bond acceptors (Lipinski definition) is 4. The van der Waals surface area contributed by atoms with Gasteiger partial charge in [0.25, 0.3) is 0 Å². The zero-order valence-corrected chi connectivity index (χ0v) is 6.69. The molecule has 0 aliphatic heterocycles. The molecule has 2 fully saturated rings. The van der Waals surface area contributed by atoms with E-state index in [-0.39, 0.29) is 35.9 Å². The van der Waals surface area contributed by atoms with Crippen LogP contribution in [0.1, 0.15) is 6.42 Å². The van der Waals surface area contributed by atoms with Crippen LogP contribution in [0.5, 0.6) is 0 Å². The monoisotopic (exact) mass is 170 g/mol. The number of ether oxygens (including phenoxy) is 1. The molecule has 2 rings (SSSR count). The van der Waals surface area contributed by atoms with Crippen LogP contribution in [0.3, 0.4) is 0 Å². The lowest BCUT2D eigenvalue weighted by molar-refractivity contribution is -0.144. The molecule has 0 unspecified atom stereocenters. The van der Waals surface area contributed by atoms with Crippen LogP contribution >= 0.6 is 0 Å². The van der Waals surface area contributed by atoms with Crippen molar-refractivity contribution in [2.24, 2.45) is 17.8 Å². The molecule has 0 aromatic rings. The summed E-state index contributed by atoms with van der Waals surface area (Å²) in [6.07, 6.45) is -0.408. The Labute approximate surface area is 69.5 Å². The van der Waals surface area contributed by atoms with Crippen molar-refractivity contribution in [3.63, 3.8) is 0 Å². The first-order valence-corrected chi connectivity index (χ1v) is 3.95. The van der Waals surface area contributed by atoms with E-state index in [1.807, 2.05) is 0 Å². The van der Waals surface area contributed by atoms with Gasteiger partial charge in [0.15, 0.2) is 0 Å². The Morgan fingerprint density at radius 1 is 1.67 bits per heavy atom. The minimum atomic E-state index is -0.619. The molecule has 0 amide bonds. The van der Waals surface area contributed by atoms with E-state index < -0.39 is 6.10 Å². The highest BCUT2D eigenvalue weighted by atomic mass is 16.5. The Morgan fingerprint density at radius 3 is 2.75 bits per heavy atom. The molecule has 0 saturated heterocycles. The van der Waals surface area contributed by atoms with E-state index in [9.17, 15) is 14.7 Å². The van der Waals surface area contributed by atoms with Crippen molar-refractivity contribution in [1.82, 2.24) is 0 Å². The highest BCUT2D eigenvalue weighted by molar-refractivity contribution is 5.95. The Balaban J connectivity index is 2.09. The lowest BCUT2D eigenvalue weighted by Gasteiger charge is -2.04. The smallest absolute Gasteiger partial charge is 0.309 e. The molecule has 12 heavy (non-hydrogen) atoms. The molecule has 2 saturated carbocycles. The van der Waals surface area contributed by atoms with Gasteiger partial charge in [-0.2, -0.15) is 0 Å². The van der Waals surface area contributed by atoms with E-state index in [4.69, 9.17) is 0 Å². The Kier molecular flexibility index (Phi) is 1.48. The molecule has 0 heterocycles. The summed E-state index contributed by atoms with van der Waals surface area (Å²) in [5, 5.41) is 9.30. The topological polar surface area (TPSA) is 63.6 Å². The molecule has 2 aliphatic rings. The summed E-state index contributed by atoms with van der Waals surface area (Å²) in [5.74, 6) is -1.11. The lowest BCUT2D eigenvalue weighted by atomic mass is 10.1. The summed E-state index contributed by atoms with van der Waals surface area (Å²) in [6, 6.07) is 0. The van der Waals surface area contributed by atoms with Gasteiger partial charge in [-0.3, -0.25) is 9.59 Å². The van der Waals surface area contributed by atoms with Gasteiger partial charge in [0.1, 0.15) is 5.78 Å². The SMILES string of the molecule is COC(=O)[C@H]1[C@@H]2C(=O)C[C@@H](O)[C@@H]21. The predicted octanol–water partition coefficient (Wildman–Crippen LogP) is -0.645. The molecule has 4 heteroatoms. The number of aliphatic hydroxyl groups is 1. The number of carbonyl (C=O) groups is 2. The molecule has 1 N–H and O–H groups in total. The van der Waals surface area contributed by atoms with E-state index in [0.717, 1.165) is 0 Å². The second kappa shape index (κ2) is 2.29. The standard InChI is InChI=1S/C8H10O4/c1-12-8(11)7-5-3(9)2-4(10)6(5)7/h3,5-7,9H,2H2,1H3/t3-,5+,6-,7-/m1/s1. The van der Waals surface area contributed by atoms with Gasteiger partial charge in [-0.15, -0.1) is 0 Å². The summed E-state index contributed by atoms with van der Waals surface area (Å²) in [4.78, 5) is 22.1. The van der Waals surface area contributed by atoms with Gasteiger partial charge >= 0.3 is 5.97 Å². The summed E-state index contributed by atoms with van der Waals surface area (Å²) in [5.41, 5.74) is 0. The van der Waals surface area contributed by atoms with Crippen LogP contribution in [0.2, 0.25) is 0 Å². The molecule has 0 spiro atoms. The van der Waals surface area contributed by atoms with Crippen molar-refractivity contribution in [2.75, 3.05) is 7.11 Å². The van der Waals surface area contributed by atoms with Crippen LogP contribution in [-0.2, 0) is 14.3 Å². The second-order valence-corrected chi connectivity index (χ2v) is 3.39. The van der Waals surface area contributed by atoms with E-state index in [1.54, 1.807) is 0 Å². The molecule has 0 radical (unpaired) electrons. The number of Topliss-reactive ketones (excluding diaryl/α,β-unsaturated/α-hetero) is 1. The van der Waals surface area contributed by atoms with Gasteiger partial charge in [-0.1, -0.05) is 0 Å². The van der Waals surface area contributed by atoms with Gasteiger partial charge in [0.2, 0.25) is 0 Å². The van der Waals surface area contributed by atoms with Crippen LogP contribution in [0.4, 0.5) is 0 Å². The number of hydrogen-bond donors (Lipinski definition) is 1. The molecule has 2 aliphatic carbocycles. The van der Waals surface area contributed by atoms with Gasteiger partial charge < -0.3 is 9.84 Å². The fourth-order valence-electron chi connectivity index (χ4n) is 2.15. The third-order valence-electron chi connectivity index (χ3n) is 2.78. The maximum atomic E-state index is 11.1. The molecule has 0 aromatic heterocycles. The Morgan fingerprint density at radius 2 is 2.33 bits per heavy atom. The normalized spacial score (nSPS) is 44.0. The molecule has 0 bridgehead atoms. The maximum Gasteiger partial charge on any atom is 0.309 e. The average molecular weight is 170 g/mol. The van der Waals surface area contributed by atoms with Crippen molar-refractivity contribution in [3.8, 4) is 0 Å². The summed E-state index contributed by atoms with van der Waals surface area (Å²) in [6.45, 7) is 0. The van der Waals surface area contributed by atoms with Crippen molar-refractivity contribution >= 4 is 11.8 Å². The zero-order chi connectivity index (χ0) is 8.88. The van der Waals surface area contributed by atoms with Crippen LogP contribution in [0.25, 0.3) is 0 Å². The first-order valence-electron chi connectivity index (χ1n) is 3.95. The number of esters is 1. The third-order valence-corrected chi connectivity index (χ3v) is 2.78. The molecule has 66 valence electrons. The number of carbonyl (C=O) groups excluding carboxylic acids is 2. The van der Waals surface area contributed by atoms with E-state index in [2.05, 4.69) is 4.74 Å². The van der Waals surface area contributed by atoms with Gasteiger partial charge in [0, 0.05) is 18.3 Å². The predicted molar refractivity (Wildman–Crippen MR) is 38.1 cm³/mol. The van der Waals surface area contributed by atoms with Crippen LogP contribution in [0.15, 0.2) is 0 Å². The Bertz CT molecular complexity index is 247. The van der Waals surface area contributed by atoms with Crippen molar-refractivity contribution < 1.29 is 19.4 Å². The van der Waals surface area contributed by atoms with E-state index in [1.165, 1.54) is 7.11 Å². The van der Waals surface area contributed by atoms with Crippen LogP contribution in [0, 0.1) is 17.8 Å².